The average Bonchev–Trinajstić information content (AvgIpc) is 2.66. The van der Waals surface area contributed by atoms with Crippen molar-refractivity contribution in [3.63, 3.8) is 0 Å². The summed E-state index contributed by atoms with van der Waals surface area (Å²) >= 11 is 0. The van der Waals surface area contributed by atoms with E-state index in [0.717, 1.165) is 19.4 Å². The lowest BCUT2D eigenvalue weighted by Crippen LogP contribution is -2.53. The van der Waals surface area contributed by atoms with Crippen molar-refractivity contribution in [2.75, 3.05) is 6.54 Å². The molecule has 2 amide bonds. The first kappa shape index (κ1) is 16.2. The zero-order chi connectivity index (χ0) is 12.2. The van der Waals surface area contributed by atoms with Gasteiger partial charge in [-0.2, -0.15) is 0 Å². The summed E-state index contributed by atoms with van der Waals surface area (Å²) in [5, 5.41) is 5.96. The summed E-state index contributed by atoms with van der Waals surface area (Å²) in [4.78, 5) is 22.6. The molecule has 1 aliphatic rings. The molecule has 1 rings (SSSR count). The summed E-state index contributed by atoms with van der Waals surface area (Å²) in [7, 11) is 0. The molecule has 0 aromatic carbocycles. The van der Waals surface area contributed by atoms with Gasteiger partial charge in [-0.05, 0) is 39.7 Å². The van der Waals surface area contributed by atoms with Gasteiger partial charge < -0.3 is 16.4 Å². The summed E-state index contributed by atoms with van der Waals surface area (Å²) in [5.74, 6) is -0.627. The Bertz CT molecular complexity index is 276. The fourth-order valence-electron chi connectivity index (χ4n) is 1.78. The number of halogens is 1. The third-order valence-electron chi connectivity index (χ3n) is 2.95. The Kier molecular flexibility index (Phi) is 6.49. The molecule has 0 bridgehead atoms. The molecule has 5 nitrogen and oxygen atoms in total. The molecular weight excluding hydrogens is 242 g/mol. The van der Waals surface area contributed by atoms with Gasteiger partial charge in [0.25, 0.3) is 0 Å². The third kappa shape index (κ3) is 5.37. The summed E-state index contributed by atoms with van der Waals surface area (Å²) in [6, 6.07) is 0.447. The maximum atomic E-state index is 11.6. The lowest BCUT2D eigenvalue weighted by molar-refractivity contribution is -0.130. The Morgan fingerprint density at radius 2 is 2.12 bits per heavy atom. The van der Waals surface area contributed by atoms with E-state index in [9.17, 15) is 9.59 Å². The summed E-state index contributed by atoms with van der Waals surface area (Å²) in [5.41, 5.74) is 4.21. The second-order valence-electron chi connectivity index (χ2n) is 4.87. The van der Waals surface area contributed by atoms with Crippen molar-refractivity contribution in [3.8, 4) is 0 Å². The van der Waals surface area contributed by atoms with Crippen LogP contribution in [0, 0.1) is 0 Å². The van der Waals surface area contributed by atoms with Crippen molar-refractivity contribution in [2.24, 2.45) is 5.73 Å². The number of hydrogen-bond donors (Lipinski definition) is 3. The minimum Gasteiger partial charge on any atom is -0.368 e. The van der Waals surface area contributed by atoms with E-state index in [1.165, 1.54) is 6.42 Å². The molecule has 0 aliphatic carbocycles. The van der Waals surface area contributed by atoms with Gasteiger partial charge in [0.15, 0.2) is 0 Å². The average molecular weight is 264 g/mol. The SMILES string of the molecule is CC(C)(NC(=O)CCC1CCCN1)C(N)=O.Cl. The van der Waals surface area contributed by atoms with Crippen LogP contribution in [-0.4, -0.2) is 29.9 Å². The van der Waals surface area contributed by atoms with E-state index in [2.05, 4.69) is 10.6 Å². The van der Waals surface area contributed by atoms with E-state index < -0.39 is 11.4 Å². The van der Waals surface area contributed by atoms with Crippen molar-refractivity contribution in [2.45, 2.75) is 51.1 Å². The van der Waals surface area contributed by atoms with Crippen molar-refractivity contribution in [3.05, 3.63) is 0 Å². The van der Waals surface area contributed by atoms with Crippen molar-refractivity contribution in [1.82, 2.24) is 10.6 Å². The molecule has 4 N–H and O–H groups in total. The van der Waals surface area contributed by atoms with E-state index in [-0.39, 0.29) is 18.3 Å². The number of carbonyl (C=O) groups excluding carboxylic acids is 2. The van der Waals surface area contributed by atoms with Crippen LogP contribution in [0.4, 0.5) is 0 Å². The number of amides is 2. The maximum absolute atomic E-state index is 11.6. The van der Waals surface area contributed by atoms with Crippen LogP contribution in [0.25, 0.3) is 0 Å². The number of rotatable bonds is 5. The van der Waals surface area contributed by atoms with Gasteiger partial charge in [-0.3, -0.25) is 9.59 Å². The van der Waals surface area contributed by atoms with E-state index in [0.29, 0.717) is 12.5 Å². The molecule has 1 heterocycles. The minimum atomic E-state index is -0.958. The first-order chi connectivity index (χ1) is 7.42. The minimum absolute atomic E-state index is 0. The van der Waals surface area contributed by atoms with Crippen LogP contribution in [0.1, 0.15) is 39.5 Å². The molecule has 0 spiro atoms. The summed E-state index contributed by atoms with van der Waals surface area (Å²) in [6.45, 7) is 4.27. The summed E-state index contributed by atoms with van der Waals surface area (Å²) in [6.07, 6.45) is 3.57. The molecule has 0 aromatic heterocycles. The maximum Gasteiger partial charge on any atom is 0.242 e. The van der Waals surface area contributed by atoms with Crippen LogP contribution in [0.15, 0.2) is 0 Å². The predicted molar refractivity (Wildman–Crippen MR) is 68.9 cm³/mol. The lowest BCUT2D eigenvalue weighted by atomic mass is 10.0. The number of primary amides is 1. The zero-order valence-electron chi connectivity index (χ0n) is 10.4. The van der Waals surface area contributed by atoms with Crippen LogP contribution in [0.3, 0.4) is 0 Å². The second-order valence-corrected chi connectivity index (χ2v) is 4.87. The van der Waals surface area contributed by atoms with E-state index in [4.69, 9.17) is 5.73 Å². The fraction of sp³-hybridized carbons (Fsp3) is 0.818. The standard InChI is InChI=1S/C11H21N3O2.ClH/c1-11(2,10(12)16)14-9(15)6-5-8-4-3-7-13-8;/h8,13H,3-7H2,1-2H3,(H2,12,16)(H,14,15);1H. The monoisotopic (exact) mass is 263 g/mol. The van der Waals surface area contributed by atoms with Gasteiger partial charge in [-0.1, -0.05) is 0 Å². The normalized spacial score (nSPS) is 19.5. The highest BCUT2D eigenvalue weighted by Gasteiger charge is 2.27. The van der Waals surface area contributed by atoms with Gasteiger partial charge in [0.05, 0.1) is 0 Å². The molecule has 1 saturated heterocycles. The molecule has 1 fully saturated rings. The number of nitrogens with two attached hydrogens (primary N) is 1. The van der Waals surface area contributed by atoms with Gasteiger partial charge in [-0.25, -0.2) is 0 Å². The quantitative estimate of drug-likeness (QED) is 0.668. The molecule has 1 aliphatic heterocycles. The van der Waals surface area contributed by atoms with Gasteiger partial charge in [0, 0.05) is 12.5 Å². The second kappa shape index (κ2) is 6.81. The third-order valence-corrected chi connectivity index (χ3v) is 2.95. The summed E-state index contributed by atoms with van der Waals surface area (Å²) < 4.78 is 0. The van der Waals surface area contributed by atoms with E-state index >= 15 is 0 Å². The molecule has 6 heteroatoms. The molecule has 17 heavy (non-hydrogen) atoms. The lowest BCUT2D eigenvalue weighted by Gasteiger charge is -2.22. The van der Waals surface area contributed by atoms with E-state index in [1.54, 1.807) is 13.8 Å². The molecule has 100 valence electrons. The van der Waals surface area contributed by atoms with Crippen LogP contribution in [-0.2, 0) is 9.59 Å². The molecule has 0 aromatic rings. The van der Waals surface area contributed by atoms with Crippen LogP contribution >= 0.6 is 12.4 Å². The molecule has 0 saturated carbocycles. The van der Waals surface area contributed by atoms with Gasteiger partial charge in [-0.15, -0.1) is 12.4 Å². The van der Waals surface area contributed by atoms with Crippen LogP contribution < -0.4 is 16.4 Å². The highest BCUT2D eigenvalue weighted by Crippen LogP contribution is 2.11. The molecule has 0 radical (unpaired) electrons. The molecule has 1 atom stereocenters. The van der Waals surface area contributed by atoms with Crippen molar-refractivity contribution < 1.29 is 9.59 Å². The van der Waals surface area contributed by atoms with Gasteiger partial charge in [0.1, 0.15) is 5.54 Å². The Hall–Kier alpha value is -0.810. The Morgan fingerprint density at radius 1 is 1.47 bits per heavy atom. The molecule has 1 unspecified atom stereocenters. The van der Waals surface area contributed by atoms with Crippen molar-refractivity contribution in [1.29, 1.82) is 0 Å². The van der Waals surface area contributed by atoms with Gasteiger partial charge in [0.2, 0.25) is 11.8 Å². The van der Waals surface area contributed by atoms with Crippen LogP contribution in [0.2, 0.25) is 0 Å². The molecular formula is C11H22ClN3O2. The number of nitrogens with one attached hydrogen (secondary N) is 2. The van der Waals surface area contributed by atoms with Crippen molar-refractivity contribution >= 4 is 24.2 Å². The first-order valence-electron chi connectivity index (χ1n) is 5.76. The fourth-order valence-corrected chi connectivity index (χ4v) is 1.78. The van der Waals surface area contributed by atoms with Crippen LogP contribution in [0.5, 0.6) is 0 Å². The number of carbonyl (C=O) groups is 2. The zero-order valence-corrected chi connectivity index (χ0v) is 11.2. The Morgan fingerprint density at radius 3 is 2.59 bits per heavy atom. The largest absolute Gasteiger partial charge is 0.368 e. The predicted octanol–water partition coefficient (Wildman–Crippen LogP) is 0.321. The highest BCUT2D eigenvalue weighted by molar-refractivity contribution is 5.89. The smallest absolute Gasteiger partial charge is 0.242 e. The van der Waals surface area contributed by atoms with E-state index in [1.807, 2.05) is 0 Å². The number of hydrogen-bond acceptors (Lipinski definition) is 3. The topological polar surface area (TPSA) is 84.2 Å². The Labute approximate surface area is 108 Å². The van der Waals surface area contributed by atoms with Gasteiger partial charge >= 0.3 is 0 Å². The Balaban J connectivity index is 0.00000256. The first-order valence-corrected chi connectivity index (χ1v) is 5.76. The highest BCUT2D eigenvalue weighted by atomic mass is 35.5.